The lowest BCUT2D eigenvalue weighted by Gasteiger charge is -2.20. The zero-order chi connectivity index (χ0) is 21.6. The molecule has 1 amide bonds. The summed E-state index contributed by atoms with van der Waals surface area (Å²) >= 11 is 6.27. The van der Waals surface area contributed by atoms with E-state index in [1.165, 1.54) is 0 Å². The SMILES string of the molecule is CN=C(NCCOc1ccc2c(c1)CCC(=O)N2)NC1CCN(c2ncccc2Cl)C1. The molecule has 1 aromatic heterocycles. The van der Waals surface area contributed by atoms with Crippen LogP contribution in [0.15, 0.2) is 41.5 Å². The Balaban J connectivity index is 1.21. The molecule has 2 aliphatic rings. The van der Waals surface area contributed by atoms with Crippen LogP contribution >= 0.6 is 11.6 Å². The van der Waals surface area contributed by atoms with E-state index in [0.717, 1.165) is 54.7 Å². The van der Waals surface area contributed by atoms with Crippen molar-refractivity contribution in [3.63, 3.8) is 0 Å². The summed E-state index contributed by atoms with van der Waals surface area (Å²) in [6.07, 6.45) is 4.01. The normalized spacial score (nSPS) is 18.4. The third-order valence-corrected chi connectivity index (χ3v) is 5.72. The molecular weight excluding hydrogens is 416 g/mol. The van der Waals surface area contributed by atoms with Gasteiger partial charge in [-0.25, -0.2) is 4.98 Å². The number of anilines is 2. The number of carbonyl (C=O) groups excluding carboxylic acids is 1. The maximum Gasteiger partial charge on any atom is 0.224 e. The van der Waals surface area contributed by atoms with Crippen molar-refractivity contribution < 1.29 is 9.53 Å². The van der Waals surface area contributed by atoms with Crippen molar-refractivity contribution in [3.05, 3.63) is 47.1 Å². The first kappa shape index (κ1) is 21.2. The second-order valence-corrected chi connectivity index (χ2v) is 8.01. The van der Waals surface area contributed by atoms with Gasteiger partial charge in [0.1, 0.15) is 18.2 Å². The number of pyridine rings is 1. The van der Waals surface area contributed by atoms with Gasteiger partial charge >= 0.3 is 0 Å². The molecule has 0 aliphatic carbocycles. The molecule has 8 nitrogen and oxygen atoms in total. The fraction of sp³-hybridized carbons (Fsp3) is 0.409. The first-order valence-electron chi connectivity index (χ1n) is 10.5. The largest absolute Gasteiger partial charge is 0.492 e. The molecule has 1 aromatic carbocycles. The van der Waals surface area contributed by atoms with Crippen LogP contribution in [0.4, 0.5) is 11.5 Å². The van der Waals surface area contributed by atoms with Crippen LogP contribution in [0.5, 0.6) is 5.75 Å². The fourth-order valence-electron chi connectivity index (χ4n) is 3.86. The summed E-state index contributed by atoms with van der Waals surface area (Å²) < 4.78 is 5.86. The highest BCUT2D eigenvalue weighted by atomic mass is 35.5. The lowest BCUT2D eigenvalue weighted by atomic mass is 10.0. The number of aryl methyl sites for hydroxylation is 1. The van der Waals surface area contributed by atoms with E-state index in [-0.39, 0.29) is 11.9 Å². The van der Waals surface area contributed by atoms with Gasteiger partial charge in [0.25, 0.3) is 0 Å². The third kappa shape index (κ3) is 5.38. The van der Waals surface area contributed by atoms with E-state index < -0.39 is 0 Å². The van der Waals surface area contributed by atoms with Crippen molar-refractivity contribution in [2.45, 2.75) is 25.3 Å². The van der Waals surface area contributed by atoms with E-state index in [4.69, 9.17) is 16.3 Å². The predicted octanol–water partition coefficient (Wildman–Crippen LogP) is 2.44. The van der Waals surface area contributed by atoms with Crippen molar-refractivity contribution in [1.29, 1.82) is 0 Å². The molecule has 0 spiro atoms. The van der Waals surface area contributed by atoms with Gasteiger partial charge in [-0.1, -0.05) is 11.6 Å². The Morgan fingerprint density at radius 1 is 1.39 bits per heavy atom. The van der Waals surface area contributed by atoms with Crippen LogP contribution in [0, 0.1) is 0 Å². The Kier molecular flexibility index (Phi) is 6.76. The molecule has 1 saturated heterocycles. The van der Waals surface area contributed by atoms with Gasteiger partial charge in [-0.2, -0.15) is 0 Å². The molecule has 1 fully saturated rings. The number of rotatable bonds is 6. The van der Waals surface area contributed by atoms with E-state index in [0.29, 0.717) is 24.6 Å². The van der Waals surface area contributed by atoms with Crippen molar-refractivity contribution in [1.82, 2.24) is 15.6 Å². The van der Waals surface area contributed by atoms with Crippen LogP contribution in [0.25, 0.3) is 0 Å². The Hall–Kier alpha value is -3.00. The summed E-state index contributed by atoms with van der Waals surface area (Å²) in [6.45, 7) is 2.84. The third-order valence-electron chi connectivity index (χ3n) is 5.43. The molecule has 1 atom stereocenters. The van der Waals surface area contributed by atoms with E-state index >= 15 is 0 Å². The maximum atomic E-state index is 11.5. The molecule has 4 rings (SSSR count). The number of carbonyl (C=O) groups is 1. The van der Waals surface area contributed by atoms with Crippen molar-refractivity contribution in [2.75, 3.05) is 43.5 Å². The van der Waals surface area contributed by atoms with Crippen LogP contribution in [-0.2, 0) is 11.2 Å². The summed E-state index contributed by atoms with van der Waals surface area (Å²) in [5.41, 5.74) is 1.99. The molecule has 0 radical (unpaired) electrons. The minimum atomic E-state index is 0.0674. The number of halogens is 1. The molecule has 2 aromatic rings. The van der Waals surface area contributed by atoms with Gasteiger partial charge < -0.3 is 25.6 Å². The number of nitrogens with zero attached hydrogens (tertiary/aromatic N) is 3. The Morgan fingerprint density at radius 2 is 2.29 bits per heavy atom. The second-order valence-electron chi connectivity index (χ2n) is 7.60. The van der Waals surface area contributed by atoms with Crippen molar-refractivity contribution in [3.8, 4) is 5.75 Å². The Morgan fingerprint density at radius 3 is 3.13 bits per heavy atom. The molecule has 1 unspecified atom stereocenters. The van der Waals surface area contributed by atoms with E-state index in [2.05, 4.69) is 30.8 Å². The summed E-state index contributed by atoms with van der Waals surface area (Å²) in [7, 11) is 1.76. The number of benzene rings is 1. The molecule has 2 aliphatic heterocycles. The highest BCUT2D eigenvalue weighted by molar-refractivity contribution is 6.32. The average Bonchev–Trinajstić information content (AvgIpc) is 3.24. The van der Waals surface area contributed by atoms with Crippen molar-refractivity contribution in [2.24, 2.45) is 4.99 Å². The van der Waals surface area contributed by atoms with Gasteiger partial charge in [-0.15, -0.1) is 0 Å². The zero-order valence-corrected chi connectivity index (χ0v) is 18.3. The topological polar surface area (TPSA) is 90.9 Å². The summed E-state index contributed by atoms with van der Waals surface area (Å²) in [6, 6.07) is 9.75. The number of hydrogen-bond acceptors (Lipinski definition) is 5. The van der Waals surface area contributed by atoms with Gasteiger partial charge in [0.05, 0.1) is 11.6 Å². The number of ether oxygens (including phenoxy) is 1. The monoisotopic (exact) mass is 442 g/mol. The molecule has 31 heavy (non-hydrogen) atoms. The standard InChI is InChI=1S/C22H27ClN6O2/c1-24-22(27-16-8-11-29(14-16)21-18(23)3-2-9-25-21)26-10-12-31-17-5-6-19-15(13-17)4-7-20(30)28-19/h2-3,5-6,9,13,16H,4,7-8,10-12,14H2,1H3,(H,28,30)(H2,24,26,27). The molecule has 0 saturated carbocycles. The maximum absolute atomic E-state index is 11.5. The Labute approximate surface area is 187 Å². The molecular formula is C22H27ClN6O2. The highest BCUT2D eigenvalue weighted by Crippen LogP contribution is 2.27. The summed E-state index contributed by atoms with van der Waals surface area (Å²) in [4.78, 5) is 22.4. The van der Waals surface area contributed by atoms with Gasteiger partial charge in [-0.05, 0) is 48.7 Å². The highest BCUT2D eigenvalue weighted by Gasteiger charge is 2.25. The van der Waals surface area contributed by atoms with E-state index in [9.17, 15) is 4.79 Å². The minimum Gasteiger partial charge on any atom is -0.492 e. The van der Waals surface area contributed by atoms with E-state index in [1.54, 1.807) is 13.2 Å². The number of aromatic nitrogens is 1. The average molecular weight is 443 g/mol. The molecule has 0 bridgehead atoms. The Bertz CT molecular complexity index is 967. The first-order valence-corrected chi connectivity index (χ1v) is 10.9. The molecule has 9 heteroatoms. The smallest absolute Gasteiger partial charge is 0.224 e. The van der Waals surface area contributed by atoms with Crippen molar-refractivity contribution >= 4 is 35.0 Å². The van der Waals surface area contributed by atoms with E-state index in [1.807, 2.05) is 30.3 Å². The lowest BCUT2D eigenvalue weighted by Crippen LogP contribution is -2.45. The molecule has 3 N–H and O–H groups in total. The number of nitrogens with one attached hydrogen (secondary N) is 3. The molecule has 3 heterocycles. The van der Waals surface area contributed by atoms with Crippen LogP contribution in [0.3, 0.4) is 0 Å². The van der Waals surface area contributed by atoms with Gasteiger partial charge in [0, 0.05) is 44.5 Å². The number of aliphatic imine (C=N–C) groups is 1. The van der Waals surface area contributed by atoms with Crippen LogP contribution < -0.4 is 25.6 Å². The predicted molar refractivity (Wildman–Crippen MR) is 123 cm³/mol. The van der Waals surface area contributed by atoms with Gasteiger partial charge in [0.15, 0.2) is 5.96 Å². The number of hydrogen-bond donors (Lipinski definition) is 3. The fourth-order valence-corrected chi connectivity index (χ4v) is 4.10. The van der Waals surface area contributed by atoms with Gasteiger partial charge in [0.2, 0.25) is 5.91 Å². The number of fused-ring (bicyclic) bond motifs is 1. The minimum absolute atomic E-state index is 0.0674. The van der Waals surface area contributed by atoms with Gasteiger partial charge in [-0.3, -0.25) is 9.79 Å². The first-order chi connectivity index (χ1) is 15.1. The van der Waals surface area contributed by atoms with Crippen LogP contribution in [-0.4, -0.2) is 56.2 Å². The quantitative estimate of drug-likeness (QED) is 0.361. The second kappa shape index (κ2) is 9.87. The lowest BCUT2D eigenvalue weighted by molar-refractivity contribution is -0.116. The summed E-state index contributed by atoms with van der Waals surface area (Å²) in [5, 5.41) is 10.3. The number of amides is 1. The zero-order valence-electron chi connectivity index (χ0n) is 17.5. The van der Waals surface area contributed by atoms with Crippen LogP contribution in [0.1, 0.15) is 18.4 Å². The number of guanidine groups is 1. The molecule has 164 valence electrons. The van der Waals surface area contributed by atoms with Crippen LogP contribution in [0.2, 0.25) is 5.02 Å². The summed E-state index contributed by atoms with van der Waals surface area (Å²) in [5.74, 6) is 2.45.